The van der Waals surface area contributed by atoms with E-state index in [0.29, 0.717) is 13.0 Å². The highest BCUT2D eigenvalue weighted by atomic mass is 32.1. The van der Waals surface area contributed by atoms with Gasteiger partial charge in [-0.05, 0) is 6.42 Å². The number of thiol groups is 1. The highest BCUT2D eigenvalue weighted by Gasteiger charge is 1.99. The second-order valence-electron chi connectivity index (χ2n) is 6.07. The van der Waals surface area contributed by atoms with Crippen LogP contribution in [0.4, 0.5) is 0 Å². The molecule has 0 aromatic carbocycles. The van der Waals surface area contributed by atoms with Gasteiger partial charge in [0.25, 0.3) is 0 Å². The maximum atomic E-state index is 11.4. The van der Waals surface area contributed by atoms with E-state index in [1.165, 1.54) is 77.0 Å². The van der Waals surface area contributed by atoms with Crippen LogP contribution in [-0.4, -0.2) is 18.2 Å². The smallest absolute Gasteiger partial charge is 0.220 e. The summed E-state index contributed by atoms with van der Waals surface area (Å²) in [5.41, 5.74) is 0. The summed E-state index contributed by atoms with van der Waals surface area (Å²) < 4.78 is 0. The van der Waals surface area contributed by atoms with Gasteiger partial charge in [0.05, 0.1) is 0 Å². The summed E-state index contributed by atoms with van der Waals surface area (Å²) in [4.78, 5) is 11.4. The molecule has 0 unspecified atom stereocenters. The van der Waals surface area contributed by atoms with Gasteiger partial charge in [0.15, 0.2) is 0 Å². The molecule has 0 aromatic heterocycles. The van der Waals surface area contributed by atoms with Gasteiger partial charge in [-0.15, -0.1) is 0 Å². The third kappa shape index (κ3) is 17.8. The van der Waals surface area contributed by atoms with Crippen molar-refractivity contribution in [3.05, 3.63) is 0 Å². The lowest BCUT2D eigenvalue weighted by Crippen LogP contribution is -2.24. The first-order valence-electron chi connectivity index (χ1n) is 9.18. The second kappa shape index (κ2) is 17.9. The topological polar surface area (TPSA) is 29.1 Å². The average Bonchev–Trinajstić information content (AvgIpc) is 2.49. The highest BCUT2D eigenvalue weighted by Crippen LogP contribution is 2.12. The van der Waals surface area contributed by atoms with Gasteiger partial charge in [-0.3, -0.25) is 4.79 Å². The van der Waals surface area contributed by atoms with Crippen molar-refractivity contribution in [1.29, 1.82) is 0 Å². The van der Waals surface area contributed by atoms with E-state index >= 15 is 0 Å². The van der Waals surface area contributed by atoms with E-state index in [-0.39, 0.29) is 5.91 Å². The van der Waals surface area contributed by atoms with E-state index < -0.39 is 0 Å². The summed E-state index contributed by atoms with van der Waals surface area (Å²) in [5, 5.41) is 2.86. The maximum absolute atomic E-state index is 11.4. The Morgan fingerprint density at radius 1 is 0.762 bits per heavy atom. The van der Waals surface area contributed by atoms with Crippen molar-refractivity contribution in [2.45, 2.75) is 96.8 Å². The summed E-state index contributed by atoms with van der Waals surface area (Å²) in [6.45, 7) is 2.97. The molecule has 1 amide bonds. The van der Waals surface area contributed by atoms with Crippen LogP contribution < -0.4 is 5.32 Å². The van der Waals surface area contributed by atoms with Crippen molar-refractivity contribution in [2.75, 3.05) is 12.3 Å². The molecule has 0 heterocycles. The van der Waals surface area contributed by atoms with E-state index in [4.69, 9.17) is 0 Å². The number of carbonyl (C=O) groups is 1. The van der Waals surface area contributed by atoms with Crippen molar-refractivity contribution in [3.8, 4) is 0 Å². The molecule has 0 rings (SSSR count). The largest absolute Gasteiger partial charge is 0.355 e. The SMILES string of the molecule is CCCCCCCCCCCCCCCC(=O)NCCS. The summed E-state index contributed by atoms with van der Waals surface area (Å²) in [7, 11) is 0. The third-order valence-corrected chi connectivity index (χ3v) is 4.16. The quantitative estimate of drug-likeness (QED) is 0.285. The molecule has 3 heteroatoms. The minimum atomic E-state index is 0.187. The standard InChI is InChI=1S/C18H37NOS/c1-2-3-4-5-6-7-8-9-10-11-12-13-14-15-18(20)19-16-17-21/h21H,2-17H2,1H3,(H,19,20). The molecule has 0 aromatic rings. The minimum Gasteiger partial charge on any atom is -0.355 e. The average molecular weight is 316 g/mol. The molecule has 126 valence electrons. The maximum Gasteiger partial charge on any atom is 0.220 e. The van der Waals surface area contributed by atoms with Gasteiger partial charge in [-0.2, -0.15) is 12.6 Å². The molecule has 0 radical (unpaired) electrons. The molecule has 0 bridgehead atoms. The van der Waals surface area contributed by atoms with E-state index in [0.717, 1.165) is 12.2 Å². The number of rotatable bonds is 16. The molecule has 0 aliphatic carbocycles. The van der Waals surface area contributed by atoms with E-state index in [1.54, 1.807) is 0 Å². The van der Waals surface area contributed by atoms with Crippen LogP contribution in [-0.2, 0) is 4.79 Å². The fourth-order valence-electron chi connectivity index (χ4n) is 2.59. The summed E-state index contributed by atoms with van der Waals surface area (Å²) in [5.74, 6) is 0.914. The van der Waals surface area contributed by atoms with Gasteiger partial charge in [-0.1, -0.05) is 84.0 Å². The van der Waals surface area contributed by atoms with Crippen molar-refractivity contribution in [1.82, 2.24) is 5.32 Å². The predicted molar refractivity (Wildman–Crippen MR) is 97.2 cm³/mol. The van der Waals surface area contributed by atoms with Crippen LogP contribution in [0.15, 0.2) is 0 Å². The second-order valence-corrected chi connectivity index (χ2v) is 6.51. The Kier molecular flexibility index (Phi) is 17.7. The summed E-state index contributed by atoms with van der Waals surface area (Å²) >= 11 is 4.07. The van der Waals surface area contributed by atoms with Crippen LogP contribution >= 0.6 is 12.6 Å². The van der Waals surface area contributed by atoms with Gasteiger partial charge in [-0.25, -0.2) is 0 Å². The minimum absolute atomic E-state index is 0.187. The van der Waals surface area contributed by atoms with Crippen molar-refractivity contribution in [3.63, 3.8) is 0 Å². The zero-order chi connectivity index (χ0) is 15.6. The van der Waals surface area contributed by atoms with Gasteiger partial charge in [0.2, 0.25) is 5.91 Å². The van der Waals surface area contributed by atoms with Gasteiger partial charge in [0.1, 0.15) is 0 Å². The molecular weight excluding hydrogens is 278 g/mol. The monoisotopic (exact) mass is 315 g/mol. The molecule has 0 aliphatic heterocycles. The Morgan fingerprint density at radius 3 is 1.62 bits per heavy atom. The van der Waals surface area contributed by atoms with Gasteiger partial charge in [0, 0.05) is 18.7 Å². The summed E-state index contributed by atoms with van der Waals surface area (Å²) in [6.07, 6.45) is 18.2. The highest BCUT2D eigenvalue weighted by molar-refractivity contribution is 7.80. The Balaban J connectivity index is 3.04. The van der Waals surface area contributed by atoms with E-state index in [1.807, 2.05) is 0 Å². The molecule has 0 atom stereocenters. The molecule has 2 nitrogen and oxygen atoms in total. The van der Waals surface area contributed by atoms with Gasteiger partial charge >= 0.3 is 0 Å². The summed E-state index contributed by atoms with van der Waals surface area (Å²) in [6, 6.07) is 0. The fourth-order valence-corrected chi connectivity index (χ4v) is 2.70. The Morgan fingerprint density at radius 2 is 1.19 bits per heavy atom. The van der Waals surface area contributed by atoms with Crippen molar-refractivity contribution < 1.29 is 4.79 Å². The Labute approximate surface area is 138 Å². The van der Waals surface area contributed by atoms with Crippen molar-refractivity contribution in [2.24, 2.45) is 0 Å². The number of unbranched alkanes of at least 4 members (excludes halogenated alkanes) is 12. The van der Waals surface area contributed by atoms with Crippen LogP contribution in [0.2, 0.25) is 0 Å². The molecule has 0 aliphatic rings. The lowest BCUT2D eigenvalue weighted by atomic mass is 10.0. The molecule has 0 spiro atoms. The van der Waals surface area contributed by atoms with Crippen molar-refractivity contribution >= 4 is 18.5 Å². The molecular formula is C18H37NOS. The predicted octanol–water partition coefficient (Wildman–Crippen LogP) is 5.51. The first kappa shape index (κ1) is 20.8. The fraction of sp³-hybridized carbons (Fsp3) is 0.944. The first-order valence-corrected chi connectivity index (χ1v) is 9.82. The zero-order valence-corrected chi connectivity index (χ0v) is 15.1. The normalized spacial score (nSPS) is 10.8. The molecule has 1 N–H and O–H groups in total. The van der Waals surface area contributed by atoms with Crippen LogP contribution in [0.3, 0.4) is 0 Å². The molecule has 0 saturated heterocycles. The third-order valence-electron chi connectivity index (χ3n) is 3.94. The zero-order valence-electron chi connectivity index (χ0n) is 14.2. The number of carbonyl (C=O) groups excluding carboxylic acids is 1. The lowest BCUT2D eigenvalue weighted by molar-refractivity contribution is -0.121. The number of nitrogens with one attached hydrogen (secondary N) is 1. The molecule has 0 fully saturated rings. The number of hydrogen-bond acceptors (Lipinski definition) is 2. The van der Waals surface area contributed by atoms with E-state index in [9.17, 15) is 4.79 Å². The molecule has 21 heavy (non-hydrogen) atoms. The van der Waals surface area contributed by atoms with Crippen LogP contribution in [0.5, 0.6) is 0 Å². The first-order chi connectivity index (χ1) is 10.3. The molecule has 0 saturated carbocycles. The van der Waals surface area contributed by atoms with E-state index in [2.05, 4.69) is 24.9 Å². The van der Waals surface area contributed by atoms with Crippen LogP contribution in [0.1, 0.15) is 96.8 Å². The number of hydrogen-bond donors (Lipinski definition) is 2. The lowest BCUT2D eigenvalue weighted by Gasteiger charge is -2.04. The van der Waals surface area contributed by atoms with Gasteiger partial charge < -0.3 is 5.32 Å². The van der Waals surface area contributed by atoms with Crippen LogP contribution in [0.25, 0.3) is 0 Å². The Hall–Kier alpha value is -0.180. The van der Waals surface area contributed by atoms with Crippen LogP contribution in [0, 0.1) is 0 Å². The Bertz CT molecular complexity index is 221. The number of amides is 1.